The Labute approximate surface area is 286 Å². The topological polar surface area (TPSA) is 312 Å². The standard InChI is InChI=1S/C29H50O21/c1-9-15(34)16(35)24(13(7-32)44-9)49-28-20(39)18(37)25(50-29-26(45-10(2)33)21(40)23(42-4)12(6-31)47-29)14(48-28)8-43-27-19(38)17(36)22(41-3)11(5-30)46-27/h9,11-32,34-40H,5-8H2,1-4H3. The average molecular weight is 735 g/mol. The number of aliphatic hydroxyl groups is 10. The molecule has 0 bridgehead atoms. The fourth-order valence-corrected chi connectivity index (χ4v) is 6.50. The number of aliphatic hydroxyl groups excluding tert-OH is 10. The number of carbonyl (C=O) groups excluding carboxylic acids is 1. The summed E-state index contributed by atoms with van der Waals surface area (Å²) in [4.78, 5) is 12.0. The Morgan fingerprint density at radius 1 is 0.540 bits per heavy atom. The molecular weight excluding hydrogens is 684 g/mol. The van der Waals surface area contributed by atoms with Crippen molar-refractivity contribution in [1.29, 1.82) is 0 Å². The second-order valence-electron chi connectivity index (χ2n) is 12.5. The van der Waals surface area contributed by atoms with Gasteiger partial charge in [0.2, 0.25) is 0 Å². The van der Waals surface area contributed by atoms with E-state index in [1.165, 1.54) is 21.1 Å². The van der Waals surface area contributed by atoms with Crippen LogP contribution in [0.15, 0.2) is 0 Å². The Bertz CT molecular complexity index is 1050. The third kappa shape index (κ3) is 8.73. The van der Waals surface area contributed by atoms with Crippen molar-refractivity contribution in [3.63, 3.8) is 0 Å². The smallest absolute Gasteiger partial charge is 0.303 e. The molecule has 4 heterocycles. The summed E-state index contributed by atoms with van der Waals surface area (Å²) in [5, 5.41) is 105. The summed E-state index contributed by atoms with van der Waals surface area (Å²) in [5.41, 5.74) is 0. The average Bonchev–Trinajstić information content (AvgIpc) is 3.09. The van der Waals surface area contributed by atoms with Crippen LogP contribution in [-0.2, 0) is 52.2 Å². The van der Waals surface area contributed by atoms with Gasteiger partial charge in [0.15, 0.2) is 25.0 Å². The van der Waals surface area contributed by atoms with Crippen LogP contribution in [0, 0.1) is 0 Å². The molecule has 4 aliphatic heterocycles. The second kappa shape index (κ2) is 18.2. The molecule has 10 N–H and O–H groups in total. The van der Waals surface area contributed by atoms with Gasteiger partial charge in [0, 0.05) is 21.1 Å². The Balaban J connectivity index is 1.62. The molecular formula is C29H50O21. The predicted molar refractivity (Wildman–Crippen MR) is 156 cm³/mol. The van der Waals surface area contributed by atoms with Crippen molar-refractivity contribution in [1.82, 2.24) is 0 Å². The molecule has 20 unspecified atom stereocenters. The largest absolute Gasteiger partial charge is 0.454 e. The lowest BCUT2D eigenvalue weighted by Gasteiger charge is -2.49. The number of hydrogen-bond acceptors (Lipinski definition) is 21. The summed E-state index contributed by atoms with van der Waals surface area (Å²) in [7, 11) is 2.45. The summed E-state index contributed by atoms with van der Waals surface area (Å²) in [6.45, 7) is -0.178. The van der Waals surface area contributed by atoms with Crippen molar-refractivity contribution in [2.24, 2.45) is 0 Å². The highest BCUT2D eigenvalue weighted by atomic mass is 16.8. The van der Waals surface area contributed by atoms with Gasteiger partial charge in [0.1, 0.15) is 91.6 Å². The molecule has 0 spiro atoms. The molecule has 21 nitrogen and oxygen atoms in total. The summed E-state index contributed by atoms with van der Waals surface area (Å²) in [5.74, 6) is -0.865. The first kappa shape index (κ1) is 41.5. The molecule has 4 saturated heterocycles. The van der Waals surface area contributed by atoms with Gasteiger partial charge in [-0.05, 0) is 6.92 Å². The number of hydrogen-bond donors (Lipinski definition) is 10. The third-order valence-electron chi connectivity index (χ3n) is 9.22. The molecule has 0 aromatic rings. The maximum atomic E-state index is 12.0. The Kier molecular flexibility index (Phi) is 15.1. The molecule has 4 aliphatic rings. The predicted octanol–water partition coefficient (Wildman–Crippen LogP) is -6.80. The van der Waals surface area contributed by atoms with Crippen LogP contribution in [0.4, 0.5) is 0 Å². The van der Waals surface area contributed by atoms with Crippen LogP contribution in [0.3, 0.4) is 0 Å². The zero-order chi connectivity index (χ0) is 37.0. The normalized spacial score (nSPS) is 48.7. The first-order valence-corrected chi connectivity index (χ1v) is 16.1. The van der Waals surface area contributed by atoms with E-state index in [0.29, 0.717) is 0 Å². The van der Waals surface area contributed by atoms with Gasteiger partial charge < -0.3 is 98.4 Å². The van der Waals surface area contributed by atoms with Crippen LogP contribution >= 0.6 is 0 Å². The van der Waals surface area contributed by atoms with Crippen LogP contribution in [0.1, 0.15) is 13.8 Å². The molecule has 0 aromatic carbocycles. The first-order valence-electron chi connectivity index (χ1n) is 16.1. The maximum Gasteiger partial charge on any atom is 0.303 e. The molecule has 0 radical (unpaired) electrons. The lowest BCUT2D eigenvalue weighted by molar-refractivity contribution is -0.379. The molecule has 292 valence electrons. The summed E-state index contributed by atoms with van der Waals surface area (Å²) in [6.07, 6.45) is -30.3. The third-order valence-corrected chi connectivity index (χ3v) is 9.22. The lowest BCUT2D eigenvalue weighted by atomic mass is 9.94. The van der Waals surface area contributed by atoms with E-state index in [0.717, 1.165) is 6.92 Å². The minimum Gasteiger partial charge on any atom is -0.454 e. The number of ether oxygens (including phenoxy) is 10. The van der Waals surface area contributed by atoms with Crippen LogP contribution in [0.5, 0.6) is 0 Å². The van der Waals surface area contributed by atoms with E-state index in [1.807, 2.05) is 0 Å². The van der Waals surface area contributed by atoms with Crippen LogP contribution in [0.2, 0.25) is 0 Å². The van der Waals surface area contributed by atoms with Crippen LogP contribution < -0.4 is 0 Å². The van der Waals surface area contributed by atoms with E-state index in [-0.39, 0.29) is 0 Å². The maximum absolute atomic E-state index is 12.0. The van der Waals surface area contributed by atoms with E-state index < -0.39 is 155 Å². The van der Waals surface area contributed by atoms with Crippen molar-refractivity contribution in [3.05, 3.63) is 0 Å². The number of carbonyl (C=O) groups is 1. The molecule has 0 amide bonds. The highest BCUT2D eigenvalue weighted by Crippen LogP contribution is 2.34. The van der Waals surface area contributed by atoms with Crippen molar-refractivity contribution >= 4 is 5.97 Å². The molecule has 50 heavy (non-hydrogen) atoms. The fraction of sp³-hybridized carbons (Fsp3) is 0.966. The monoisotopic (exact) mass is 734 g/mol. The van der Waals surface area contributed by atoms with Crippen molar-refractivity contribution in [2.45, 2.75) is 136 Å². The fourth-order valence-electron chi connectivity index (χ4n) is 6.50. The summed E-state index contributed by atoms with van der Waals surface area (Å²) >= 11 is 0. The minimum atomic E-state index is -1.99. The molecule has 0 saturated carbocycles. The van der Waals surface area contributed by atoms with Crippen molar-refractivity contribution < 1.29 is 103 Å². The van der Waals surface area contributed by atoms with Gasteiger partial charge in [-0.1, -0.05) is 0 Å². The van der Waals surface area contributed by atoms with E-state index >= 15 is 0 Å². The number of rotatable bonds is 13. The Hall–Kier alpha value is -1.29. The molecule has 21 heteroatoms. The zero-order valence-electron chi connectivity index (χ0n) is 27.8. The van der Waals surface area contributed by atoms with Gasteiger partial charge in [-0.25, -0.2) is 0 Å². The van der Waals surface area contributed by atoms with E-state index in [4.69, 9.17) is 47.4 Å². The van der Waals surface area contributed by atoms with Crippen molar-refractivity contribution in [2.75, 3.05) is 40.6 Å². The highest BCUT2D eigenvalue weighted by molar-refractivity contribution is 5.66. The first-order chi connectivity index (χ1) is 23.7. The van der Waals surface area contributed by atoms with Gasteiger partial charge in [0.25, 0.3) is 0 Å². The van der Waals surface area contributed by atoms with Crippen LogP contribution in [0.25, 0.3) is 0 Å². The lowest BCUT2D eigenvalue weighted by Crippen LogP contribution is -2.67. The molecule has 0 aliphatic carbocycles. The quantitative estimate of drug-likeness (QED) is 0.0786. The van der Waals surface area contributed by atoms with Gasteiger partial charge in [-0.2, -0.15) is 0 Å². The minimum absolute atomic E-state index is 0.635. The highest BCUT2D eigenvalue weighted by Gasteiger charge is 2.55. The van der Waals surface area contributed by atoms with Gasteiger partial charge in [-0.15, -0.1) is 0 Å². The summed E-state index contributed by atoms with van der Waals surface area (Å²) < 4.78 is 55.8. The van der Waals surface area contributed by atoms with Gasteiger partial charge in [0.05, 0.1) is 32.5 Å². The number of methoxy groups -OCH3 is 2. The van der Waals surface area contributed by atoms with Gasteiger partial charge in [-0.3, -0.25) is 4.79 Å². The SMILES string of the molecule is COC1C(CO)OC(OCC2OC(OC3C(CO)OC(C)C(O)C3O)C(O)C(O)C2OC2OC(CO)C(OC)C(O)C2OC(C)=O)C(O)C1O. The second-order valence-corrected chi connectivity index (χ2v) is 12.5. The van der Waals surface area contributed by atoms with Crippen LogP contribution in [-0.4, -0.2) is 220 Å². The molecule has 4 rings (SSSR count). The zero-order valence-corrected chi connectivity index (χ0v) is 27.8. The molecule has 4 fully saturated rings. The van der Waals surface area contributed by atoms with E-state index in [2.05, 4.69) is 0 Å². The van der Waals surface area contributed by atoms with Crippen molar-refractivity contribution in [3.8, 4) is 0 Å². The van der Waals surface area contributed by atoms with E-state index in [9.17, 15) is 55.9 Å². The number of esters is 1. The Morgan fingerprint density at radius 3 is 1.54 bits per heavy atom. The Morgan fingerprint density at radius 2 is 0.980 bits per heavy atom. The molecule has 20 atom stereocenters. The van der Waals surface area contributed by atoms with Gasteiger partial charge >= 0.3 is 5.97 Å². The van der Waals surface area contributed by atoms with E-state index in [1.54, 1.807) is 0 Å². The molecule has 0 aromatic heterocycles. The summed E-state index contributed by atoms with van der Waals surface area (Å²) in [6, 6.07) is 0.